The third-order valence-corrected chi connectivity index (χ3v) is 4.46. The number of rotatable bonds is 0. The quantitative estimate of drug-likeness (QED) is 0.588. The van der Waals surface area contributed by atoms with Gasteiger partial charge in [-0.1, -0.05) is 38.1 Å². The Bertz CT molecular complexity index is 806. The van der Waals surface area contributed by atoms with Gasteiger partial charge in [0.25, 0.3) is 0 Å². The summed E-state index contributed by atoms with van der Waals surface area (Å²) in [6, 6.07) is 15.7. The fourth-order valence-electron chi connectivity index (χ4n) is 3.47. The maximum Gasteiger partial charge on any atom is 0.0459 e. The van der Waals surface area contributed by atoms with E-state index in [1.54, 1.807) is 0 Å². The lowest BCUT2D eigenvalue weighted by atomic mass is 9.82. The largest absolute Gasteiger partial charge is 0.359 e. The maximum absolute atomic E-state index is 3.45. The van der Waals surface area contributed by atoms with Gasteiger partial charge in [0.15, 0.2) is 0 Å². The van der Waals surface area contributed by atoms with Crippen molar-refractivity contribution >= 4 is 10.9 Å². The molecule has 3 aromatic rings. The number of benzene rings is 2. The first kappa shape index (κ1) is 10.9. The lowest BCUT2D eigenvalue weighted by molar-refractivity contribution is 0.661. The van der Waals surface area contributed by atoms with Gasteiger partial charge in [0.1, 0.15) is 0 Å². The molecule has 1 aromatic heterocycles. The van der Waals surface area contributed by atoms with Crippen molar-refractivity contribution in [1.29, 1.82) is 0 Å². The number of aryl methyl sites for hydroxylation is 1. The molecule has 0 spiro atoms. The van der Waals surface area contributed by atoms with Crippen LogP contribution in [-0.4, -0.2) is 4.98 Å². The minimum Gasteiger partial charge on any atom is -0.359 e. The molecule has 0 fully saturated rings. The van der Waals surface area contributed by atoms with Crippen LogP contribution in [0.25, 0.3) is 22.0 Å². The Labute approximate surface area is 113 Å². The van der Waals surface area contributed by atoms with E-state index in [1.165, 1.54) is 38.9 Å². The average Bonchev–Trinajstić information content (AvgIpc) is 2.85. The number of hydrogen-bond donors (Lipinski definition) is 1. The van der Waals surface area contributed by atoms with E-state index in [1.807, 2.05) is 0 Å². The zero-order valence-corrected chi connectivity index (χ0v) is 11.5. The Morgan fingerprint density at radius 1 is 0.895 bits per heavy atom. The Morgan fingerprint density at radius 2 is 1.68 bits per heavy atom. The van der Waals surface area contributed by atoms with Crippen molar-refractivity contribution < 1.29 is 0 Å². The van der Waals surface area contributed by atoms with Gasteiger partial charge in [-0.2, -0.15) is 0 Å². The second kappa shape index (κ2) is 3.30. The second-order valence-corrected chi connectivity index (χ2v) is 6.11. The predicted octanol–water partition coefficient (Wildman–Crippen LogP) is 4.78. The van der Waals surface area contributed by atoms with E-state index in [9.17, 15) is 0 Å². The van der Waals surface area contributed by atoms with Crippen LogP contribution in [0.4, 0.5) is 0 Å². The van der Waals surface area contributed by atoms with Crippen LogP contribution in [-0.2, 0) is 5.41 Å². The molecule has 19 heavy (non-hydrogen) atoms. The molecular formula is C18H17N. The molecule has 2 aromatic carbocycles. The van der Waals surface area contributed by atoms with Crippen LogP contribution >= 0.6 is 0 Å². The predicted molar refractivity (Wildman–Crippen MR) is 80.6 cm³/mol. The maximum atomic E-state index is 3.45. The van der Waals surface area contributed by atoms with Crippen molar-refractivity contribution in [2.75, 3.05) is 0 Å². The van der Waals surface area contributed by atoms with E-state index in [0.717, 1.165) is 0 Å². The average molecular weight is 247 g/mol. The molecule has 1 N–H and O–H groups in total. The molecule has 1 heteroatoms. The molecule has 1 heterocycles. The lowest BCUT2D eigenvalue weighted by Crippen LogP contribution is -2.14. The van der Waals surface area contributed by atoms with Gasteiger partial charge in [0, 0.05) is 22.0 Å². The van der Waals surface area contributed by atoms with E-state index in [-0.39, 0.29) is 5.41 Å². The molecule has 4 rings (SSSR count). The van der Waals surface area contributed by atoms with Crippen LogP contribution in [0.1, 0.15) is 30.7 Å². The first-order valence-corrected chi connectivity index (χ1v) is 6.81. The number of hydrogen-bond acceptors (Lipinski definition) is 0. The number of H-pyrrole nitrogens is 1. The molecule has 1 aliphatic rings. The number of aromatic amines is 1. The summed E-state index contributed by atoms with van der Waals surface area (Å²) in [5, 5.41) is 1.31. The second-order valence-electron chi connectivity index (χ2n) is 6.11. The van der Waals surface area contributed by atoms with Gasteiger partial charge >= 0.3 is 0 Å². The van der Waals surface area contributed by atoms with Gasteiger partial charge in [-0.3, -0.25) is 0 Å². The highest BCUT2D eigenvalue weighted by atomic mass is 14.7. The molecule has 1 nitrogen and oxygen atoms in total. The van der Waals surface area contributed by atoms with E-state index in [0.29, 0.717) is 0 Å². The van der Waals surface area contributed by atoms with Gasteiger partial charge < -0.3 is 4.98 Å². The zero-order valence-electron chi connectivity index (χ0n) is 11.5. The van der Waals surface area contributed by atoms with E-state index < -0.39 is 0 Å². The minimum absolute atomic E-state index is 0.0964. The van der Waals surface area contributed by atoms with Crippen LogP contribution in [0.15, 0.2) is 42.5 Å². The Kier molecular flexibility index (Phi) is 1.88. The van der Waals surface area contributed by atoms with Gasteiger partial charge in [0.05, 0.1) is 0 Å². The van der Waals surface area contributed by atoms with E-state index >= 15 is 0 Å². The van der Waals surface area contributed by atoms with Crippen molar-refractivity contribution in [3.8, 4) is 11.1 Å². The summed E-state index contributed by atoms with van der Waals surface area (Å²) >= 11 is 0. The van der Waals surface area contributed by atoms with Gasteiger partial charge in [-0.25, -0.2) is 0 Å². The van der Waals surface area contributed by atoms with Crippen LogP contribution in [0, 0.1) is 6.92 Å². The molecule has 0 bridgehead atoms. The van der Waals surface area contributed by atoms with Crippen molar-refractivity contribution in [3.63, 3.8) is 0 Å². The zero-order chi connectivity index (χ0) is 13.2. The van der Waals surface area contributed by atoms with Crippen molar-refractivity contribution in [1.82, 2.24) is 4.98 Å². The topological polar surface area (TPSA) is 15.8 Å². The highest BCUT2D eigenvalue weighted by Crippen LogP contribution is 2.49. The van der Waals surface area contributed by atoms with Crippen LogP contribution in [0.3, 0.4) is 0 Å². The number of fused-ring (bicyclic) bond motifs is 4. The third kappa shape index (κ3) is 1.30. The highest BCUT2D eigenvalue weighted by Gasteiger charge is 2.35. The monoisotopic (exact) mass is 247 g/mol. The Morgan fingerprint density at radius 3 is 2.53 bits per heavy atom. The first-order chi connectivity index (χ1) is 9.07. The summed E-state index contributed by atoms with van der Waals surface area (Å²) in [5.41, 5.74) is 8.23. The standard InChI is InChI=1S/C18H17N/c1-11-8-12-9-14-13-6-4-5-7-15(13)18(2,3)16(14)10-17(12)19-11/h4-10,19H,1-3H3. The smallest absolute Gasteiger partial charge is 0.0459 e. The minimum atomic E-state index is 0.0964. The fourth-order valence-corrected chi connectivity index (χ4v) is 3.47. The lowest BCUT2D eigenvalue weighted by Gasteiger charge is -2.21. The molecule has 0 aliphatic heterocycles. The molecule has 0 saturated carbocycles. The summed E-state index contributed by atoms with van der Waals surface area (Å²) in [6.45, 7) is 6.75. The first-order valence-electron chi connectivity index (χ1n) is 6.81. The van der Waals surface area contributed by atoms with Gasteiger partial charge in [-0.15, -0.1) is 0 Å². The van der Waals surface area contributed by atoms with Gasteiger partial charge in [0.2, 0.25) is 0 Å². The van der Waals surface area contributed by atoms with Crippen LogP contribution < -0.4 is 0 Å². The molecule has 0 atom stereocenters. The molecule has 0 amide bonds. The van der Waals surface area contributed by atoms with Gasteiger partial charge in [-0.05, 0) is 47.4 Å². The summed E-state index contributed by atoms with van der Waals surface area (Å²) < 4.78 is 0. The summed E-state index contributed by atoms with van der Waals surface area (Å²) in [4.78, 5) is 3.45. The van der Waals surface area contributed by atoms with Crippen molar-refractivity contribution in [2.24, 2.45) is 0 Å². The molecule has 1 aliphatic carbocycles. The molecule has 0 radical (unpaired) electrons. The Balaban J connectivity index is 2.14. The SMILES string of the molecule is Cc1cc2cc3c(cc2[nH]1)C(C)(C)c1ccccc1-3. The van der Waals surface area contributed by atoms with Crippen LogP contribution in [0.2, 0.25) is 0 Å². The number of nitrogens with one attached hydrogen (secondary N) is 1. The van der Waals surface area contributed by atoms with Crippen LogP contribution in [0.5, 0.6) is 0 Å². The summed E-state index contributed by atoms with van der Waals surface area (Å²) in [6.07, 6.45) is 0. The normalized spacial score (nSPS) is 15.5. The number of aromatic nitrogens is 1. The molecule has 0 unspecified atom stereocenters. The Hall–Kier alpha value is -2.02. The summed E-state index contributed by atoms with van der Waals surface area (Å²) in [5.74, 6) is 0. The molecule has 0 saturated heterocycles. The third-order valence-electron chi connectivity index (χ3n) is 4.46. The highest BCUT2D eigenvalue weighted by molar-refractivity contribution is 5.92. The fraction of sp³-hybridized carbons (Fsp3) is 0.222. The molecular weight excluding hydrogens is 230 g/mol. The van der Waals surface area contributed by atoms with E-state index in [2.05, 4.69) is 68.2 Å². The molecule has 94 valence electrons. The van der Waals surface area contributed by atoms with Crippen molar-refractivity contribution in [3.05, 3.63) is 59.3 Å². The van der Waals surface area contributed by atoms with E-state index in [4.69, 9.17) is 0 Å². The summed E-state index contributed by atoms with van der Waals surface area (Å²) in [7, 11) is 0. The van der Waals surface area contributed by atoms with Crippen molar-refractivity contribution in [2.45, 2.75) is 26.2 Å².